The lowest BCUT2D eigenvalue weighted by atomic mass is 9.78. The summed E-state index contributed by atoms with van der Waals surface area (Å²) in [6, 6.07) is 10.00. The van der Waals surface area contributed by atoms with Crippen molar-refractivity contribution in [2.24, 2.45) is 16.3 Å². The Balaban J connectivity index is 0.00000420. The van der Waals surface area contributed by atoms with Gasteiger partial charge in [0.1, 0.15) is 0 Å². The average Bonchev–Trinajstić information content (AvgIpc) is 2.66. The molecule has 7 heteroatoms. The zero-order valence-electron chi connectivity index (χ0n) is 18.3. The zero-order chi connectivity index (χ0) is 20.4. The fraction of sp³-hybridized carbons (Fsp3) is 0.682. The molecule has 0 bridgehead atoms. The molecule has 1 aliphatic heterocycles. The third-order valence-corrected chi connectivity index (χ3v) is 6.23. The number of hydrogen-bond acceptors (Lipinski definition) is 3. The first-order valence-electron chi connectivity index (χ1n) is 10.4. The molecule has 2 N–H and O–H groups in total. The summed E-state index contributed by atoms with van der Waals surface area (Å²) in [5.41, 5.74) is 1.24. The molecule has 2 rings (SSSR count). The topological polar surface area (TPSA) is 62.7 Å². The standard InChI is InChI=1S/C22H37N3O2S.HI/c1-5-23-21(24-13-15-28(26)17-18-10-7-6-8-11-18)25-16-19-12-9-14-27-20(19)22(2,3)4;/h6-8,10-11,19-20H,5,9,12-17H2,1-4H3,(H2,23,24,25);1H. The Morgan fingerprint density at radius 3 is 2.62 bits per heavy atom. The van der Waals surface area contributed by atoms with Crippen molar-refractivity contribution in [1.29, 1.82) is 0 Å². The number of rotatable bonds is 8. The van der Waals surface area contributed by atoms with Gasteiger partial charge in [-0.15, -0.1) is 24.0 Å². The van der Waals surface area contributed by atoms with Crippen molar-refractivity contribution < 1.29 is 8.95 Å². The van der Waals surface area contributed by atoms with Gasteiger partial charge in [-0.2, -0.15) is 0 Å². The van der Waals surface area contributed by atoms with E-state index in [1.165, 1.54) is 0 Å². The number of nitrogens with zero attached hydrogens (tertiary/aromatic N) is 1. The minimum absolute atomic E-state index is 0. The number of guanidine groups is 1. The van der Waals surface area contributed by atoms with Crippen molar-refractivity contribution >= 4 is 40.7 Å². The van der Waals surface area contributed by atoms with Gasteiger partial charge >= 0.3 is 0 Å². The molecule has 0 aliphatic carbocycles. The lowest BCUT2D eigenvalue weighted by Crippen LogP contribution is -2.43. The molecule has 1 aromatic rings. The second-order valence-corrected chi connectivity index (χ2v) is 10.1. The van der Waals surface area contributed by atoms with Crippen LogP contribution < -0.4 is 10.6 Å². The number of aliphatic imine (C=N–C) groups is 1. The summed E-state index contributed by atoms with van der Waals surface area (Å²) in [5, 5.41) is 6.63. The minimum Gasteiger partial charge on any atom is -0.377 e. The SMILES string of the molecule is CCNC(=NCC1CCCOC1C(C)(C)C)NCCS(=O)Cc1ccccc1.I. The van der Waals surface area contributed by atoms with E-state index in [-0.39, 0.29) is 35.5 Å². The highest BCUT2D eigenvalue weighted by Crippen LogP contribution is 2.34. The Morgan fingerprint density at radius 1 is 1.24 bits per heavy atom. The molecule has 1 aromatic carbocycles. The van der Waals surface area contributed by atoms with Gasteiger partial charge in [0.2, 0.25) is 0 Å². The van der Waals surface area contributed by atoms with Crippen LogP contribution in [0, 0.1) is 11.3 Å². The molecule has 5 nitrogen and oxygen atoms in total. The van der Waals surface area contributed by atoms with Crippen molar-refractivity contribution in [2.45, 2.75) is 52.4 Å². The van der Waals surface area contributed by atoms with E-state index in [1.54, 1.807) is 0 Å². The first-order valence-corrected chi connectivity index (χ1v) is 11.9. The van der Waals surface area contributed by atoms with E-state index in [0.29, 0.717) is 24.0 Å². The Hall–Kier alpha value is -0.670. The van der Waals surface area contributed by atoms with Crippen LogP contribution in [-0.2, 0) is 21.3 Å². The Kier molecular flexibility index (Phi) is 12.4. The lowest BCUT2D eigenvalue weighted by molar-refractivity contribution is -0.0823. The highest BCUT2D eigenvalue weighted by atomic mass is 127. The second-order valence-electron chi connectivity index (χ2n) is 8.48. The van der Waals surface area contributed by atoms with Crippen LogP contribution in [0.15, 0.2) is 35.3 Å². The maximum Gasteiger partial charge on any atom is 0.191 e. The summed E-state index contributed by atoms with van der Waals surface area (Å²) in [5.74, 6) is 2.45. The first kappa shape index (κ1) is 26.4. The summed E-state index contributed by atoms with van der Waals surface area (Å²) >= 11 is 0. The van der Waals surface area contributed by atoms with E-state index in [9.17, 15) is 4.21 Å². The fourth-order valence-electron chi connectivity index (χ4n) is 3.65. The predicted octanol–water partition coefficient (Wildman–Crippen LogP) is 3.95. The number of halogens is 1. The highest BCUT2D eigenvalue weighted by Gasteiger charge is 2.35. The lowest BCUT2D eigenvalue weighted by Gasteiger charge is -2.39. The third kappa shape index (κ3) is 9.79. The van der Waals surface area contributed by atoms with Crippen LogP contribution in [0.1, 0.15) is 46.1 Å². The number of benzene rings is 1. The molecule has 1 heterocycles. The molecule has 3 atom stereocenters. The van der Waals surface area contributed by atoms with Crippen LogP contribution in [0.25, 0.3) is 0 Å². The molecular formula is C22H38IN3O2S. The van der Waals surface area contributed by atoms with Crippen LogP contribution in [0.5, 0.6) is 0 Å². The van der Waals surface area contributed by atoms with E-state index in [4.69, 9.17) is 9.73 Å². The maximum atomic E-state index is 12.3. The molecule has 0 aromatic heterocycles. The molecule has 0 saturated carbocycles. The Bertz CT molecular complexity index is 635. The van der Waals surface area contributed by atoms with Gasteiger partial charge in [0.15, 0.2) is 5.96 Å². The number of ether oxygens (including phenoxy) is 1. The molecule has 1 aliphatic rings. The van der Waals surface area contributed by atoms with Gasteiger partial charge in [0, 0.05) is 54.5 Å². The van der Waals surface area contributed by atoms with Crippen LogP contribution in [-0.4, -0.2) is 48.3 Å². The summed E-state index contributed by atoms with van der Waals surface area (Å²) < 4.78 is 18.4. The van der Waals surface area contributed by atoms with E-state index < -0.39 is 10.8 Å². The fourth-order valence-corrected chi connectivity index (χ4v) is 4.69. The molecule has 3 unspecified atom stereocenters. The predicted molar refractivity (Wildman–Crippen MR) is 134 cm³/mol. The van der Waals surface area contributed by atoms with Gasteiger partial charge < -0.3 is 15.4 Å². The van der Waals surface area contributed by atoms with Crippen molar-refractivity contribution in [2.75, 3.05) is 32.0 Å². The van der Waals surface area contributed by atoms with Gasteiger partial charge in [-0.05, 0) is 30.7 Å². The Morgan fingerprint density at radius 2 is 1.97 bits per heavy atom. The van der Waals surface area contributed by atoms with Crippen molar-refractivity contribution in [1.82, 2.24) is 10.6 Å². The molecule has 1 saturated heterocycles. The van der Waals surface area contributed by atoms with Crippen molar-refractivity contribution in [3.63, 3.8) is 0 Å². The van der Waals surface area contributed by atoms with Gasteiger partial charge in [-0.1, -0.05) is 51.1 Å². The second kappa shape index (κ2) is 13.6. The minimum atomic E-state index is -0.882. The van der Waals surface area contributed by atoms with Crippen molar-refractivity contribution in [3.8, 4) is 0 Å². The van der Waals surface area contributed by atoms with Gasteiger partial charge in [-0.25, -0.2) is 0 Å². The molecule has 0 spiro atoms. The maximum absolute atomic E-state index is 12.3. The van der Waals surface area contributed by atoms with Crippen LogP contribution >= 0.6 is 24.0 Å². The average molecular weight is 536 g/mol. The van der Waals surface area contributed by atoms with Gasteiger partial charge in [0.25, 0.3) is 0 Å². The quantitative estimate of drug-likeness (QED) is 0.301. The first-order chi connectivity index (χ1) is 13.4. The molecular weight excluding hydrogens is 497 g/mol. The zero-order valence-corrected chi connectivity index (χ0v) is 21.4. The molecule has 0 amide bonds. The Labute approximate surface area is 196 Å². The summed E-state index contributed by atoms with van der Waals surface area (Å²) in [6.07, 6.45) is 2.51. The van der Waals surface area contributed by atoms with E-state index in [2.05, 4.69) is 38.3 Å². The highest BCUT2D eigenvalue weighted by molar-refractivity contribution is 14.0. The summed E-state index contributed by atoms with van der Waals surface area (Å²) in [4.78, 5) is 4.80. The number of nitrogens with one attached hydrogen (secondary N) is 2. The largest absolute Gasteiger partial charge is 0.377 e. The summed E-state index contributed by atoms with van der Waals surface area (Å²) in [6.45, 7) is 11.9. The third-order valence-electron chi connectivity index (χ3n) is 4.92. The van der Waals surface area contributed by atoms with Gasteiger partial charge in [0.05, 0.1) is 6.10 Å². The van der Waals surface area contributed by atoms with Gasteiger partial charge in [-0.3, -0.25) is 9.20 Å². The summed E-state index contributed by atoms with van der Waals surface area (Å²) in [7, 11) is -0.882. The number of hydrogen-bond donors (Lipinski definition) is 2. The molecule has 1 fully saturated rings. The monoisotopic (exact) mass is 535 g/mol. The molecule has 29 heavy (non-hydrogen) atoms. The van der Waals surface area contributed by atoms with E-state index >= 15 is 0 Å². The van der Waals surface area contributed by atoms with Crippen LogP contribution in [0.3, 0.4) is 0 Å². The van der Waals surface area contributed by atoms with Crippen LogP contribution in [0.2, 0.25) is 0 Å². The van der Waals surface area contributed by atoms with Crippen molar-refractivity contribution in [3.05, 3.63) is 35.9 Å². The normalized spacial score (nSPS) is 21.2. The molecule has 0 radical (unpaired) electrons. The van der Waals surface area contributed by atoms with E-state index in [0.717, 1.165) is 44.1 Å². The smallest absolute Gasteiger partial charge is 0.191 e. The van der Waals surface area contributed by atoms with Crippen LogP contribution in [0.4, 0.5) is 0 Å². The molecule has 166 valence electrons. The van der Waals surface area contributed by atoms with E-state index in [1.807, 2.05) is 30.3 Å².